The fourth-order valence-electron chi connectivity index (χ4n) is 2.84. The van der Waals surface area contributed by atoms with Gasteiger partial charge in [-0.05, 0) is 6.42 Å². The summed E-state index contributed by atoms with van der Waals surface area (Å²) in [7, 11) is 0. The fourth-order valence-corrected chi connectivity index (χ4v) is 2.84. The number of hydrogen-bond donors (Lipinski definition) is 2. The highest BCUT2D eigenvalue weighted by Crippen LogP contribution is 2.13. The van der Waals surface area contributed by atoms with Crippen LogP contribution in [0.2, 0.25) is 0 Å². The molecule has 0 unspecified atom stereocenters. The van der Waals surface area contributed by atoms with Gasteiger partial charge in [0.2, 0.25) is 0 Å². The number of Topliss-reactive ketones (excluding diaryl/α,β-unsaturated/α-hetero) is 1. The molecule has 0 radical (unpaired) electrons. The van der Waals surface area contributed by atoms with E-state index in [1.807, 2.05) is 0 Å². The number of ether oxygens (including phenoxy) is 1. The van der Waals surface area contributed by atoms with Gasteiger partial charge in [0.1, 0.15) is 18.5 Å². The second kappa shape index (κ2) is 18.8. The van der Waals surface area contributed by atoms with Crippen molar-refractivity contribution in [2.75, 3.05) is 13.2 Å². The molecule has 0 aliphatic carbocycles. The standard InChI is InChI=1S/C21H40O5/c1-2-3-4-5-6-7-8-9-10-11-12-13-14-19(23)15-16-21(25)26-18-20(24)17-22/h20,22,24H,2-18H2,1H3/t20-/m0/s1. The summed E-state index contributed by atoms with van der Waals surface area (Å²) in [5.74, 6) is -0.405. The number of ketones is 1. The van der Waals surface area contributed by atoms with Gasteiger partial charge < -0.3 is 14.9 Å². The maximum absolute atomic E-state index is 11.7. The molecule has 5 nitrogen and oxygen atoms in total. The van der Waals surface area contributed by atoms with E-state index in [4.69, 9.17) is 14.9 Å². The van der Waals surface area contributed by atoms with E-state index in [-0.39, 0.29) is 25.2 Å². The van der Waals surface area contributed by atoms with Gasteiger partial charge in [-0.25, -0.2) is 0 Å². The number of esters is 1. The minimum atomic E-state index is -1.05. The van der Waals surface area contributed by atoms with Crippen LogP contribution >= 0.6 is 0 Å². The Balaban J connectivity index is 3.32. The maximum atomic E-state index is 11.7. The van der Waals surface area contributed by atoms with Gasteiger partial charge in [-0.2, -0.15) is 0 Å². The van der Waals surface area contributed by atoms with Gasteiger partial charge in [-0.3, -0.25) is 9.59 Å². The number of unbranched alkanes of at least 4 members (excludes halogenated alkanes) is 11. The highest BCUT2D eigenvalue weighted by atomic mass is 16.5. The van der Waals surface area contributed by atoms with Crippen LogP contribution in [0.15, 0.2) is 0 Å². The normalized spacial score (nSPS) is 12.1. The molecule has 0 aliphatic heterocycles. The minimum absolute atomic E-state index is 0.0508. The number of carbonyl (C=O) groups is 2. The van der Waals surface area contributed by atoms with Crippen molar-refractivity contribution in [1.29, 1.82) is 0 Å². The topological polar surface area (TPSA) is 83.8 Å². The lowest BCUT2D eigenvalue weighted by molar-refractivity contribution is -0.148. The van der Waals surface area contributed by atoms with Crippen molar-refractivity contribution >= 4 is 11.8 Å². The van der Waals surface area contributed by atoms with Crippen LogP contribution in [-0.4, -0.2) is 41.3 Å². The predicted molar refractivity (Wildman–Crippen MR) is 104 cm³/mol. The Labute approximate surface area is 159 Å². The first-order chi connectivity index (χ1) is 12.6. The van der Waals surface area contributed by atoms with E-state index in [0.717, 1.165) is 12.8 Å². The highest BCUT2D eigenvalue weighted by Gasteiger charge is 2.10. The van der Waals surface area contributed by atoms with Gasteiger partial charge in [0.25, 0.3) is 0 Å². The molecule has 0 aromatic carbocycles. The van der Waals surface area contributed by atoms with Crippen LogP contribution in [0.4, 0.5) is 0 Å². The quantitative estimate of drug-likeness (QED) is 0.260. The van der Waals surface area contributed by atoms with Crippen LogP contribution < -0.4 is 0 Å². The molecular weight excluding hydrogens is 332 g/mol. The van der Waals surface area contributed by atoms with Crippen LogP contribution in [0.3, 0.4) is 0 Å². The Bertz CT molecular complexity index is 343. The summed E-state index contributed by atoms with van der Waals surface area (Å²) in [6.07, 6.45) is 14.9. The fraction of sp³-hybridized carbons (Fsp3) is 0.905. The molecule has 0 rings (SSSR count). The lowest BCUT2D eigenvalue weighted by Gasteiger charge is -2.08. The van der Waals surface area contributed by atoms with Crippen molar-refractivity contribution in [3.8, 4) is 0 Å². The first-order valence-corrected chi connectivity index (χ1v) is 10.6. The molecule has 0 aromatic heterocycles. The molecule has 0 bridgehead atoms. The SMILES string of the molecule is CCCCCCCCCCCCCCC(=O)CCC(=O)OC[C@@H](O)CO. The molecule has 0 fully saturated rings. The molecule has 0 aromatic rings. The lowest BCUT2D eigenvalue weighted by atomic mass is 10.0. The molecule has 1 atom stereocenters. The van der Waals surface area contributed by atoms with Crippen LogP contribution in [0.5, 0.6) is 0 Å². The number of rotatable bonds is 19. The van der Waals surface area contributed by atoms with E-state index in [0.29, 0.717) is 6.42 Å². The zero-order chi connectivity index (χ0) is 19.5. The summed E-state index contributed by atoms with van der Waals surface area (Å²) in [5, 5.41) is 17.7. The molecule has 0 saturated heterocycles. The van der Waals surface area contributed by atoms with Crippen LogP contribution in [0.25, 0.3) is 0 Å². The molecular formula is C21H40O5. The van der Waals surface area contributed by atoms with Gasteiger partial charge >= 0.3 is 5.97 Å². The molecule has 154 valence electrons. The third kappa shape index (κ3) is 17.9. The van der Waals surface area contributed by atoms with Crippen molar-refractivity contribution in [2.24, 2.45) is 0 Å². The van der Waals surface area contributed by atoms with E-state index in [1.54, 1.807) is 0 Å². The molecule has 0 saturated carbocycles. The van der Waals surface area contributed by atoms with Gasteiger partial charge in [0.05, 0.1) is 13.0 Å². The lowest BCUT2D eigenvalue weighted by Crippen LogP contribution is -2.22. The minimum Gasteiger partial charge on any atom is -0.463 e. The molecule has 0 aliphatic rings. The molecule has 5 heteroatoms. The third-order valence-corrected chi connectivity index (χ3v) is 4.56. The van der Waals surface area contributed by atoms with E-state index in [1.165, 1.54) is 64.2 Å². The van der Waals surface area contributed by atoms with Crippen LogP contribution in [0, 0.1) is 0 Å². The van der Waals surface area contributed by atoms with Gasteiger partial charge in [0.15, 0.2) is 0 Å². The van der Waals surface area contributed by atoms with Crippen molar-refractivity contribution in [1.82, 2.24) is 0 Å². The van der Waals surface area contributed by atoms with E-state index in [2.05, 4.69) is 6.92 Å². The smallest absolute Gasteiger partial charge is 0.306 e. The maximum Gasteiger partial charge on any atom is 0.306 e. The Morgan fingerprint density at radius 3 is 1.77 bits per heavy atom. The summed E-state index contributed by atoms with van der Waals surface area (Å²) in [6.45, 7) is 1.59. The zero-order valence-corrected chi connectivity index (χ0v) is 16.7. The number of aliphatic hydroxyl groups is 2. The van der Waals surface area contributed by atoms with Crippen molar-refractivity contribution in [3.05, 3.63) is 0 Å². The van der Waals surface area contributed by atoms with Crippen LogP contribution in [-0.2, 0) is 14.3 Å². The molecule has 26 heavy (non-hydrogen) atoms. The largest absolute Gasteiger partial charge is 0.463 e. The van der Waals surface area contributed by atoms with Crippen LogP contribution in [0.1, 0.15) is 103 Å². The first kappa shape index (κ1) is 25.1. The molecule has 0 heterocycles. The average molecular weight is 373 g/mol. The highest BCUT2D eigenvalue weighted by molar-refractivity contribution is 5.82. The zero-order valence-electron chi connectivity index (χ0n) is 16.7. The van der Waals surface area contributed by atoms with Crippen molar-refractivity contribution in [3.63, 3.8) is 0 Å². The first-order valence-electron chi connectivity index (χ1n) is 10.6. The summed E-state index contributed by atoms with van der Waals surface area (Å²) in [6, 6.07) is 0. The molecule has 0 amide bonds. The summed E-state index contributed by atoms with van der Waals surface area (Å²) in [5.41, 5.74) is 0. The second-order valence-electron chi connectivity index (χ2n) is 7.20. The van der Waals surface area contributed by atoms with E-state index < -0.39 is 18.7 Å². The number of aliphatic hydroxyl groups excluding tert-OH is 2. The van der Waals surface area contributed by atoms with E-state index >= 15 is 0 Å². The number of hydrogen-bond acceptors (Lipinski definition) is 5. The summed E-state index contributed by atoms with van der Waals surface area (Å²) >= 11 is 0. The summed E-state index contributed by atoms with van der Waals surface area (Å²) < 4.78 is 4.76. The predicted octanol–water partition coefficient (Wildman–Crippen LogP) is 4.32. The molecule has 0 spiro atoms. The third-order valence-electron chi connectivity index (χ3n) is 4.56. The van der Waals surface area contributed by atoms with Crippen molar-refractivity contribution < 1.29 is 24.5 Å². The number of carbonyl (C=O) groups excluding carboxylic acids is 2. The summed E-state index contributed by atoms with van der Waals surface area (Å²) in [4.78, 5) is 23.1. The van der Waals surface area contributed by atoms with Crippen molar-refractivity contribution in [2.45, 2.75) is 109 Å². The Morgan fingerprint density at radius 2 is 1.27 bits per heavy atom. The average Bonchev–Trinajstić information content (AvgIpc) is 2.65. The van der Waals surface area contributed by atoms with Gasteiger partial charge in [-0.1, -0.05) is 77.6 Å². The second-order valence-corrected chi connectivity index (χ2v) is 7.20. The monoisotopic (exact) mass is 372 g/mol. The van der Waals surface area contributed by atoms with Gasteiger partial charge in [0, 0.05) is 12.8 Å². The van der Waals surface area contributed by atoms with Gasteiger partial charge in [-0.15, -0.1) is 0 Å². The van der Waals surface area contributed by atoms with E-state index in [9.17, 15) is 9.59 Å². The molecule has 2 N–H and O–H groups in total. The Hall–Kier alpha value is -0.940. The Morgan fingerprint density at radius 1 is 0.769 bits per heavy atom. The Kier molecular flexibility index (Phi) is 18.2.